The molecule has 0 aliphatic heterocycles. The monoisotopic (exact) mass is 435 g/mol. The van der Waals surface area contributed by atoms with Gasteiger partial charge in [0, 0.05) is 31.5 Å². The Hall–Kier alpha value is -0.800. The number of unbranched alkanes of at least 4 members (excludes halogenated alkanes) is 1. The highest BCUT2D eigenvalue weighted by atomic mass is 79.9. The van der Waals surface area contributed by atoms with Crippen LogP contribution in [0.25, 0.3) is 21.8 Å². The molecule has 0 saturated heterocycles. The number of halogens is 2. The number of para-hydroxylation sites is 2. The van der Waals surface area contributed by atoms with Crippen LogP contribution in [-0.4, -0.2) is 14.6 Å². The predicted molar refractivity (Wildman–Crippen MR) is 109 cm³/mol. The summed E-state index contributed by atoms with van der Waals surface area (Å²) in [5.74, 6) is 0. The van der Waals surface area contributed by atoms with E-state index in [4.69, 9.17) is 0 Å². The molecule has 0 aliphatic carbocycles. The van der Waals surface area contributed by atoms with Gasteiger partial charge < -0.3 is 4.98 Å². The SMILES string of the molecule is CC(Br)CCCCC(Br)Cc1cccc2c1[nH]c1ccccc12. The van der Waals surface area contributed by atoms with Crippen molar-refractivity contribution in [3.63, 3.8) is 0 Å². The summed E-state index contributed by atoms with van der Waals surface area (Å²) in [5, 5.41) is 2.66. The standard InChI is InChI=1S/C20H23Br2N/c1-14(21)7-2-3-9-16(22)13-15-8-6-11-18-17-10-4-5-12-19(17)23-20(15)18/h4-6,8,10-12,14,16,23H,2-3,7,9,13H2,1H3. The van der Waals surface area contributed by atoms with Gasteiger partial charge in [-0.25, -0.2) is 0 Å². The molecule has 3 rings (SSSR count). The number of fused-ring (bicyclic) bond motifs is 3. The van der Waals surface area contributed by atoms with E-state index >= 15 is 0 Å². The van der Waals surface area contributed by atoms with Gasteiger partial charge in [0.25, 0.3) is 0 Å². The Balaban J connectivity index is 1.72. The number of nitrogens with one attached hydrogen (secondary N) is 1. The molecular formula is C20H23Br2N. The molecule has 0 aliphatic rings. The third kappa shape index (κ3) is 4.19. The first kappa shape index (κ1) is 17.0. The van der Waals surface area contributed by atoms with Gasteiger partial charge >= 0.3 is 0 Å². The minimum absolute atomic E-state index is 0.546. The number of aromatic amines is 1. The topological polar surface area (TPSA) is 15.8 Å². The molecule has 2 aromatic carbocycles. The molecule has 3 aromatic rings. The number of H-pyrrole nitrogens is 1. The van der Waals surface area contributed by atoms with Gasteiger partial charge in [0.1, 0.15) is 0 Å². The van der Waals surface area contributed by atoms with Crippen LogP contribution in [0.2, 0.25) is 0 Å². The number of rotatable bonds is 7. The molecule has 122 valence electrons. The summed E-state index contributed by atoms with van der Waals surface area (Å²) in [7, 11) is 0. The zero-order valence-corrected chi connectivity index (χ0v) is 16.7. The normalized spacial score (nSPS) is 14.4. The number of alkyl halides is 2. The van der Waals surface area contributed by atoms with Crippen molar-refractivity contribution in [2.75, 3.05) is 0 Å². The second-order valence-corrected chi connectivity index (χ2v) is 9.24. The van der Waals surface area contributed by atoms with Crippen molar-refractivity contribution in [3.05, 3.63) is 48.0 Å². The molecule has 0 spiro atoms. The Morgan fingerprint density at radius 2 is 1.65 bits per heavy atom. The first-order chi connectivity index (χ1) is 11.1. The Kier molecular flexibility index (Phi) is 5.81. The fourth-order valence-electron chi connectivity index (χ4n) is 3.24. The fraction of sp³-hybridized carbons (Fsp3) is 0.400. The average molecular weight is 437 g/mol. The van der Waals surface area contributed by atoms with Crippen molar-refractivity contribution in [3.8, 4) is 0 Å². The molecule has 2 unspecified atom stereocenters. The lowest BCUT2D eigenvalue weighted by molar-refractivity contribution is 0.628. The number of aromatic nitrogens is 1. The largest absolute Gasteiger partial charge is 0.354 e. The maximum absolute atomic E-state index is 3.89. The van der Waals surface area contributed by atoms with Gasteiger partial charge in [-0.3, -0.25) is 0 Å². The summed E-state index contributed by atoms with van der Waals surface area (Å²) in [6, 6.07) is 15.2. The molecule has 0 saturated carbocycles. The molecule has 1 aromatic heterocycles. The zero-order valence-electron chi connectivity index (χ0n) is 13.5. The van der Waals surface area contributed by atoms with Gasteiger partial charge in [0.2, 0.25) is 0 Å². The summed E-state index contributed by atoms with van der Waals surface area (Å²) >= 11 is 7.51. The van der Waals surface area contributed by atoms with E-state index in [1.165, 1.54) is 53.1 Å². The van der Waals surface area contributed by atoms with E-state index < -0.39 is 0 Å². The molecule has 0 amide bonds. The lowest BCUT2D eigenvalue weighted by Crippen LogP contribution is -2.03. The Morgan fingerprint density at radius 1 is 0.913 bits per heavy atom. The molecule has 2 atom stereocenters. The smallest absolute Gasteiger partial charge is 0.0497 e. The van der Waals surface area contributed by atoms with Crippen LogP contribution < -0.4 is 0 Å². The summed E-state index contributed by atoms with van der Waals surface area (Å²) in [4.78, 5) is 4.79. The van der Waals surface area contributed by atoms with Crippen LogP contribution in [0, 0.1) is 0 Å². The fourth-order valence-corrected chi connectivity index (χ4v) is 4.23. The summed E-state index contributed by atoms with van der Waals surface area (Å²) in [6.45, 7) is 2.22. The second-order valence-electron chi connectivity index (χ2n) is 6.38. The van der Waals surface area contributed by atoms with E-state index in [1.807, 2.05) is 0 Å². The number of hydrogen-bond acceptors (Lipinski definition) is 0. The maximum atomic E-state index is 3.89. The van der Waals surface area contributed by atoms with E-state index in [0.717, 1.165) is 6.42 Å². The van der Waals surface area contributed by atoms with Crippen molar-refractivity contribution in [1.29, 1.82) is 0 Å². The molecule has 0 fully saturated rings. The predicted octanol–water partition coefficient (Wildman–Crippen LogP) is 6.97. The van der Waals surface area contributed by atoms with E-state index in [2.05, 4.69) is 86.2 Å². The quantitative estimate of drug-likeness (QED) is 0.304. The maximum Gasteiger partial charge on any atom is 0.0497 e. The molecule has 23 heavy (non-hydrogen) atoms. The van der Waals surface area contributed by atoms with Crippen LogP contribution >= 0.6 is 31.9 Å². The van der Waals surface area contributed by atoms with Crippen LogP contribution in [0.1, 0.15) is 38.2 Å². The van der Waals surface area contributed by atoms with Crippen molar-refractivity contribution >= 4 is 53.7 Å². The highest BCUT2D eigenvalue weighted by molar-refractivity contribution is 9.09. The zero-order chi connectivity index (χ0) is 16.2. The van der Waals surface area contributed by atoms with Gasteiger partial charge in [-0.2, -0.15) is 0 Å². The van der Waals surface area contributed by atoms with E-state index in [9.17, 15) is 0 Å². The van der Waals surface area contributed by atoms with Crippen LogP contribution in [0.5, 0.6) is 0 Å². The average Bonchev–Trinajstić information content (AvgIpc) is 2.91. The van der Waals surface area contributed by atoms with E-state index in [1.54, 1.807) is 0 Å². The van der Waals surface area contributed by atoms with Crippen molar-refractivity contribution in [2.45, 2.75) is 48.7 Å². The first-order valence-corrected chi connectivity index (χ1v) is 10.2. The molecule has 1 nitrogen and oxygen atoms in total. The minimum Gasteiger partial charge on any atom is -0.354 e. The minimum atomic E-state index is 0.546. The second kappa shape index (κ2) is 7.85. The van der Waals surface area contributed by atoms with Crippen LogP contribution in [0.4, 0.5) is 0 Å². The third-order valence-electron chi connectivity index (χ3n) is 4.44. The number of benzene rings is 2. The van der Waals surface area contributed by atoms with Crippen molar-refractivity contribution < 1.29 is 0 Å². The molecule has 0 radical (unpaired) electrons. The summed E-state index contributed by atoms with van der Waals surface area (Å²) in [6.07, 6.45) is 6.15. The molecule has 0 bridgehead atoms. The lowest BCUT2D eigenvalue weighted by atomic mass is 10.0. The molecule has 3 heteroatoms. The van der Waals surface area contributed by atoms with Gasteiger partial charge in [-0.15, -0.1) is 0 Å². The van der Waals surface area contributed by atoms with Crippen molar-refractivity contribution in [1.82, 2.24) is 4.98 Å². The van der Waals surface area contributed by atoms with E-state index in [-0.39, 0.29) is 0 Å². The first-order valence-electron chi connectivity index (χ1n) is 8.41. The molecule has 1 N–H and O–H groups in total. The van der Waals surface area contributed by atoms with E-state index in [0.29, 0.717) is 9.65 Å². The van der Waals surface area contributed by atoms with Crippen molar-refractivity contribution in [2.24, 2.45) is 0 Å². The van der Waals surface area contributed by atoms with Crippen LogP contribution in [0.3, 0.4) is 0 Å². The van der Waals surface area contributed by atoms with Crippen LogP contribution in [-0.2, 0) is 6.42 Å². The van der Waals surface area contributed by atoms with Crippen LogP contribution in [0.15, 0.2) is 42.5 Å². The third-order valence-corrected chi connectivity index (χ3v) is 5.68. The number of hydrogen-bond donors (Lipinski definition) is 1. The molecular weight excluding hydrogens is 414 g/mol. The highest BCUT2D eigenvalue weighted by Gasteiger charge is 2.11. The Labute approximate surface area is 155 Å². The summed E-state index contributed by atoms with van der Waals surface area (Å²) < 4.78 is 0. The summed E-state index contributed by atoms with van der Waals surface area (Å²) in [5.41, 5.74) is 3.94. The van der Waals surface area contributed by atoms with Gasteiger partial charge in [0.05, 0.1) is 0 Å². The molecule has 1 heterocycles. The van der Waals surface area contributed by atoms with Gasteiger partial charge in [0.15, 0.2) is 0 Å². The highest BCUT2D eigenvalue weighted by Crippen LogP contribution is 2.29. The Bertz CT molecular complexity index is 776. The van der Waals surface area contributed by atoms with Gasteiger partial charge in [-0.1, -0.05) is 88.0 Å². The Morgan fingerprint density at radius 3 is 2.48 bits per heavy atom. The van der Waals surface area contributed by atoms with Gasteiger partial charge in [-0.05, 0) is 30.9 Å². The lowest BCUT2D eigenvalue weighted by Gasteiger charge is -2.11.